The Hall–Kier alpha value is -2.21. The van der Waals surface area contributed by atoms with Gasteiger partial charge in [0.25, 0.3) is 5.91 Å². The topological polar surface area (TPSA) is 58.4 Å². The number of benzene rings is 1. The SMILES string of the molecule is CN(C)[C@@H]1CC[C@H](NC(=O)c2ncoc2-c2ccc(F)cc2)C1. The van der Waals surface area contributed by atoms with Gasteiger partial charge in [-0.25, -0.2) is 9.37 Å². The summed E-state index contributed by atoms with van der Waals surface area (Å²) in [5.41, 5.74) is 0.872. The van der Waals surface area contributed by atoms with Crippen LogP contribution >= 0.6 is 0 Å². The number of nitrogens with one attached hydrogen (secondary N) is 1. The Labute approximate surface area is 134 Å². The number of carbonyl (C=O) groups is 1. The van der Waals surface area contributed by atoms with Crippen LogP contribution in [0.5, 0.6) is 0 Å². The van der Waals surface area contributed by atoms with Gasteiger partial charge in [-0.2, -0.15) is 0 Å². The highest BCUT2D eigenvalue weighted by Gasteiger charge is 2.29. The van der Waals surface area contributed by atoms with E-state index in [9.17, 15) is 9.18 Å². The fourth-order valence-corrected chi connectivity index (χ4v) is 3.03. The van der Waals surface area contributed by atoms with Crippen molar-refractivity contribution in [1.29, 1.82) is 0 Å². The zero-order valence-corrected chi connectivity index (χ0v) is 13.3. The second-order valence-electron chi connectivity index (χ2n) is 6.14. The Kier molecular flexibility index (Phi) is 4.43. The molecular weight excluding hydrogens is 297 g/mol. The highest BCUT2D eigenvalue weighted by Crippen LogP contribution is 2.25. The molecule has 1 amide bonds. The number of carbonyl (C=O) groups excluding carboxylic acids is 1. The molecule has 1 fully saturated rings. The molecule has 0 aliphatic heterocycles. The van der Waals surface area contributed by atoms with Crippen LogP contribution in [0, 0.1) is 5.82 Å². The summed E-state index contributed by atoms with van der Waals surface area (Å²) in [6.07, 6.45) is 4.20. The van der Waals surface area contributed by atoms with Crippen LogP contribution in [0.2, 0.25) is 0 Å². The molecule has 1 heterocycles. The average molecular weight is 317 g/mol. The van der Waals surface area contributed by atoms with Gasteiger partial charge in [-0.1, -0.05) is 0 Å². The highest BCUT2D eigenvalue weighted by molar-refractivity contribution is 5.97. The molecule has 122 valence electrons. The molecule has 1 aromatic carbocycles. The molecule has 0 radical (unpaired) electrons. The summed E-state index contributed by atoms with van der Waals surface area (Å²) in [5, 5.41) is 3.03. The van der Waals surface area contributed by atoms with E-state index in [1.165, 1.54) is 18.5 Å². The smallest absolute Gasteiger partial charge is 0.274 e. The van der Waals surface area contributed by atoms with Crippen LogP contribution in [0.3, 0.4) is 0 Å². The van der Waals surface area contributed by atoms with Crippen LogP contribution < -0.4 is 5.32 Å². The first-order valence-corrected chi connectivity index (χ1v) is 7.71. The number of aromatic nitrogens is 1. The third kappa shape index (κ3) is 3.42. The summed E-state index contributed by atoms with van der Waals surface area (Å²) in [6.45, 7) is 0. The first kappa shape index (κ1) is 15.7. The summed E-state index contributed by atoms with van der Waals surface area (Å²) in [6, 6.07) is 6.45. The van der Waals surface area contributed by atoms with Gasteiger partial charge in [0.2, 0.25) is 0 Å². The van der Waals surface area contributed by atoms with E-state index in [4.69, 9.17) is 4.42 Å². The van der Waals surface area contributed by atoms with E-state index in [2.05, 4.69) is 29.3 Å². The largest absolute Gasteiger partial charge is 0.443 e. The number of oxazole rings is 1. The van der Waals surface area contributed by atoms with Crippen LogP contribution in [0.25, 0.3) is 11.3 Å². The maximum Gasteiger partial charge on any atom is 0.274 e. The minimum Gasteiger partial charge on any atom is -0.443 e. The van der Waals surface area contributed by atoms with Crippen LogP contribution in [0.1, 0.15) is 29.8 Å². The predicted molar refractivity (Wildman–Crippen MR) is 84.5 cm³/mol. The van der Waals surface area contributed by atoms with Crippen molar-refractivity contribution in [2.45, 2.75) is 31.3 Å². The van der Waals surface area contributed by atoms with E-state index in [1.807, 2.05) is 0 Å². The quantitative estimate of drug-likeness (QED) is 0.942. The van der Waals surface area contributed by atoms with Gasteiger partial charge in [-0.05, 0) is 57.6 Å². The van der Waals surface area contributed by atoms with Crippen LogP contribution in [0.15, 0.2) is 35.1 Å². The third-order valence-corrected chi connectivity index (χ3v) is 4.36. The van der Waals surface area contributed by atoms with E-state index in [0.29, 0.717) is 17.4 Å². The number of rotatable bonds is 4. The van der Waals surface area contributed by atoms with E-state index in [0.717, 1.165) is 19.3 Å². The maximum absolute atomic E-state index is 13.0. The first-order chi connectivity index (χ1) is 11.0. The molecule has 6 heteroatoms. The van der Waals surface area contributed by atoms with E-state index >= 15 is 0 Å². The number of amides is 1. The van der Waals surface area contributed by atoms with E-state index < -0.39 is 0 Å². The predicted octanol–water partition coefficient (Wildman–Crippen LogP) is 2.69. The molecule has 5 nitrogen and oxygen atoms in total. The van der Waals surface area contributed by atoms with Crippen molar-refractivity contribution >= 4 is 5.91 Å². The summed E-state index contributed by atoms with van der Waals surface area (Å²) in [4.78, 5) is 18.7. The molecule has 1 aromatic heterocycles. The Morgan fingerprint density at radius 2 is 2.04 bits per heavy atom. The van der Waals surface area contributed by atoms with Gasteiger partial charge < -0.3 is 14.6 Å². The monoisotopic (exact) mass is 317 g/mol. The Morgan fingerprint density at radius 1 is 1.30 bits per heavy atom. The van der Waals surface area contributed by atoms with Crippen molar-refractivity contribution in [2.75, 3.05) is 14.1 Å². The van der Waals surface area contributed by atoms with Gasteiger partial charge in [0.1, 0.15) is 5.82 Å². The molecule has 2 atom stereocenters. The number of nitrogens with zero attached hydrogens (tertiary/aromatic N) is 2. The lowest BCUT2D eigenvalue weighted by molar-refractivity contribution is 0.0932. The average Bonchev–Trinajstić information content (AvgIpc) is 3.16. The van der Waals surface area contributed by atoms with Gasteiger partial charge in [0.05, 0.1) is 0 Å². The number of hydrogen-bond acceptors (Lipinski definition) is 4. The lowest BCUT2D eigenvalue weighted by Crippen LogP contribution is -2.35. The molecule has 1 saturated carbocycles. The molecule has 2 aromatic rings. The van der Waals surface area contributed by atoms with Gasteiger partial charge in [-0.15, -0.1) is 0 Å². The second kappa shape index (κ2) is 6.50. The number of hydrogen-bond donors (Lipinski definition) is 1. The normalized spacial score (nSPS) is 20.9. The highest BCUT2D eigenvalue weighted by atomic mass is 19.1. The van der Waals surface area contributed by atoms with Gasteiger partial charge >= 0.3 is 0 Å². The molecule has 1 aliphatic carbocycles. The minimum absolute atomic E-state index is 0.146. The van der Waals surface area contributed by atoms with Crippen LogP contribution in [-0.2, 0) is 0 Å². The Balaban J connectivity index is 1.72. The number of halogens is 1. The van der Waals surface area contributed by atoms with Crippen molar-refractivity contribution in [1.82, 2.24) is 15.2 Å². The maximum atomic E-state index is 13.0. The molecule has 0 bridgehead atoms. The summed E-state index contributed by atoms with van der Waals surface area (Å²) in [7, 11) is 4.11. The molecule has 0 unspecified atom stereocenters. The first-order valence-electron chi connectivity index (χ1n) is 7.71. The van der Waals surface area contributed by atoms with Gasteiger partial charge in [0.15, 0.2) is 17.8 Å². The van der Waals surface area contributed by atoms with Crippen LogP contribution in [-0.4, -0.2) is 42.0 Å². The van der Waals surface area contributed by atoms with Gasteiger partial charge in [-0.3, -0.25) is 4.79 Å². The van der Waals surface area contributed by atoms with Gasteiger partial charge in [0, 0.05) is 17.6 Å². The zero-order valence-electron chi connectivity index (χ0n) is 13.3. The van der Waals surface area contributed by atoms with E-state index in [1.54, 1.807) is 12.1 Å². The Morgan fingerprint density at radius 3 is 2.70 bits per heavy atom. The van der Waals surface area contributed by atoms with Crippen molar-refractivity contribution in [2.24, 2.45) is 0 Å². The molecule has 1 aliphatic rings. The lowest BCUT2D eigenvalue weighted by atomic mass is 10.1. The summed E-state index contributed by atoms with van der Waals surface area (Å²) in [5.74, 6) is -0.216. The fraction of sp³-hybridized carbons (Fsp3) is 0.412. The summed E-state index contributed by atoms with van der Waals surface area (Å²) < 4.78 is 18.4. The molecule has 1 N–H and O–H groups in total. The van der Waals surface area contributed by atoms with Crippen molar-refractivity contribution in [3.05, 3.63) is 42.2 Å². The van der Waals surface area contributed by atoms with Crippen molar-refractivity contribution in [3.8, 4) is 11.3 Å². The zero-order chi connectivity index (χ0) is 16.4. The molecule has 3 rings (SSSR count). The molecule has 0 saturated heterocycles. The standard InChI is InChI=1S/C17H20FN3O2/c1-21(2)14-8-7-13(9-14)20-17(22)15-16(23-10-19-15)11-3-5-12(18)6-4-11/h3-6,10,13-14H,7-9H2,1-2H3,(H,20,22)/t13-,14+/m0/s1. The second-order valence-corrected chi connectivity index (χ2v) is 6.14. The third-order valence-electron chi connectivity index (χ3n) is 4.36. The van der Waals surface area contributed by atoms with E-state index in [-0.39, 0.29) is 23.5 Å². The van der Waals surface area contributed by atoms with Crippen molar-refractivity contribution in [3.63, 3.8) is 0 Å². The fourth-order valence-electron chi connectivity index (χ4n) is 3.03. The van der Waals surface area contributed by atoms with Crippen LogP contribution in [0.4, 0.5) is 4.39 Å². The molecule has 0 spiro atoms. The van der Waals surface area contributed by atoms with Crippen molar-refractivity contribution < 1.29 is 13.6 Å². The summed E-state index contributed by atoms with van der Waals surface area (Å²) >= 11 is 0. The molecular formula is C17H20FN3O2. The minimum atomic E-state index is -0.333. The Bertz CT molecular complexity index is 681. The molecule has 23 heavy (non-hydrogen) atoms. The lowest BCUT2D eigenvalue weighted by Gasteiger charge is -2.19.